The molecule has 0 aromatic heterocycles. The normalized spacial score (nSPS) is 11.1. The Kier molecular flexibility index (Phi) is 17.1. The molecule has 0 spiro atoms. The van der Waals surface area contributed by atoms with Gasteiger partial charge in [0.05, 0.1) is 23.9 Å². The zero-order chi connectivity index (χ0) is 28.4. The van der Waals surface area contributed by atoms with Crippen LogP contribution in [0.15, 0.2) is 84.0 Å². The molecule has 2 aromatic rings. The van der Waals surface area contributed by atoms with Crippen LogP contribution >= 0.6 is 0 Å². The molecule has 0 saturated heterocycles. The molecule has 0 aliphatic carbocycles. The standard InChI is InChI=1S/2C11H10O4.2C3H7.Sn.2H/c2*12-10(13)7-9(11(14)15)6-8-4-2-1-3-5-8;2*1-3-2;;;/h2*1-5,7H,6H2,(H,12,13)(H,14,15);2*3H,1-2H3;;;/q;;;;+4;;/p-4/b2*9-7-;;;;;. The third-order valence-corrected chi connectivity index (χ3v) is 9.91. The molecule has 0 heterocycles. The second-order valence-electron chi connectivity index (χ2n) is 8.90. The predicted molar refractivity (Wildman–Crippen MR) is 135 cm³/mol. The van der Waals surface area contributed by atoms with Crippen molar-refractivity contribution in [2.24, 2.45) is 0 Å². The Hall–Kier alpha value is -3.40. The fourth-order valence-corrected chi connectivity index (χ4v) is 8.60. The van der Waals surface area contributed by atoms with Crippen LogP contribution in [0.5, 0.6) is 0 Å². The van der Waals surface area contributed by atoms with Crippen LogP contribution in [-0.2, 0) is 32.0 Å². The summed E-state index contributed by atoms with van der Waals surface area (Å²) >= 11 is -0.272. The van der Waals surface area contributed by atoms with Crippen LogP contribution in [0.1, 0.15) is 38.8 Å². The minimum Gasteiger partial charge on any atom is -0.545 e. The molecule has 0 fully saturated rings. The molecule has 37 heavy (non-hydrogen) atoms. The second-order valence-corrected chi connectivity index (χ2v) is 19.6. The molecule has 8 nitrogen and oxygen atoms in total. The van der Waals surface area contributed by atoms with Crippen LogP contribution < -0.4 is 20.4 Å². The van der Waals surface area contributed by atoms with Gasteiger partial charge >= 0.3 is 56.7 Å². The van der Waals surface area contributed by atoms with E-state index in [1.54, 1.807) is 60.7 Å². The van der Waals surface area contributed by atoms with Crippen molar-refractivity contribution in [3.8, 4) is 0 Å². The summed E-state index contributed by atoms with van der Waals surface area (Å²) in [6.45, 7) is 9.43. The quantitative estimate of drug-likeness (QED) is 0.246. The van der Waals surface area contributed by atoms with Gasteiger partial charge in [-0.05, 0) is 47.3 Å². The average molecular weight is 615 g/mol. The van der Waals surface area contributed by atoms with Gasteiger partial charge in [-0.25, -0.2) is 0 Å². The predicted octanol–water partition coefficient (Wildman–Crippen LogP) is -0.878. The Morgan fingerprint density at radius 1 is 0.622 bits per heavy atom. The van der Waals surface area contributed by atoms with E-state index in [2.05, 4.69) is 27.7 Å². The van der Waals surface area contributed by atoms with E-state index < -0.39 is 23.9 Å². The summed E-state index contributed by atoms with van der Waals surface area (Å²) in [4.78, 5) is 41.6. The van der Waals surface area contributed by atoms with E-state index in [0.717, 1.165) is 7.87 Å². The second kappa shape index (κ2) is 18.8. The summed E-state index contributed by atoms with van der Waals surface area (Å²) in [7, 11) is 0. The van der Waals surface area contributed by atoms with E-state index in [-0.39, 0.29) is 45.1 Å². The molecule has 0 unspecified atom stereocenters. The molecule has 0 aliphatic rings. The molecule has 2 aromatic carbocycles. The first-order chi connectivity index (χ1) is 17.3. The van der Waals surface area contributed by atoms with Gasteiger partial charge in [0.1, 0.15) is 0 Å². The van der Waals surface area contributed by atoms with Gasteiger partial charge in [0.25, 0.3) is 0 Å². The number of hydrogen-bond donors (Lipinski definition) is 0. The van der Waals surface area contributed by atoms with E-state index in [9.17, 15) is 39.6 Å². The maximum absolute atomic E-state index is 10.6. The number of aliphatic carboxylic acids is 4. The van der Waals surface area contributed by atoms with Gasteiger partial charge in [0, 0.05) is 0 Å². The Morgan fingerprint density at radius 3 is 1.11 bits per heavy atom. The monoisotopic (exact) mass is 616 g/mol. The number of carbonyl (C=O) groups is 4. The molecule has 0 saturated carbocycles. The first kappa shape index (κ1) is 33.6. The molecule has 4 radical (unpaired) electrons. The number of benzene rings is 2. The molecular weight excluding hydrogens is 583 g/mol. The number of rotatable bonds is 10. The van der Waals surface area contributed by atoms with Gasteiger partial charge in [-0.2, -0.15) is 0 Å². The van der Waals surface area contributed by atoms with E-state index in [1.165, 1.54) is 0 Å². The van der Waals surface area contributed by atoms with E-state index >= 15 is 0 Å². The van der Waals surface area contributed by atoms with Crippen molar-refractivity contribution in [2.75, 3.05) is 0 Å². The van der Waals surface area contributed by atoms with Crippen molar-refractivity contribution in [3.05, 3.63) is 95.1 Å². The Labute approximate surface area is 227 Å². The van der Waals surface area contributed by atoms with Gasteiger partial charge in [-0.15, -0.1) is 0 Å². The molecule has 0 amide bonds. The summed E-state index contributed by atoms with van der Waals surface area (Å²) in [5.41, 5.74) is 0.797. The van der Waals surface area contributed by atoms with Gasteiger partial charge < -0.3 is 39.6 Å². The van der Waals surface area contributed by atoms with Gasteiger partial charge in [-0.3, -0.25) is 0 Å². The minimum atomic E-state index is -1.54. The van der Waals surface area contributed by atoms with Gasteiger partial charge in [0.15, 0.2) is 0 Å². The van der Waals surface area contributed by atoms with Crippen LogP contribution in [0.3, 0.4) is 0 Å². The van der Waals surface area contributed by atoms with Gasteiger partial charge in [-0.1, -0.05) is 60.7 Å². The van der Waals surface area contributed by atoms with Crippen LogP contribution in [0.4, 0.5) is 0 Å². The van der Waals surface area contributed by atoms with E-state index in [1.807, 2.05) is 0 Å². The van der Waals surface area contributed by atoms with Crippen molar-refractivity contribution in [1.29, 1.82) is 0 Å². The molecule has 0 atom stereocenters. The fourth-order valence-electron chi connectivity index (χ4n) is 3.22. The maximum Gasteiger partial charge on any atom is 0.0678 e. The number of hydrogen-bond acceptors (Lipinski definition) is 8. The van der Waals surface area contributed by atoms with E-state index in [0.29, 0.717) is 23.3 Å². The van der Waals surface area contributed by atoms with Crippen LogP contribution in [0.2, 0.25) is 7.87 Å². The van der Waals surface area contributed by atoms with Crippen LogP contribution in [0, 0.1) is 0 Å². The minimum absolute atomic E-state index is 0.0111. The van der Waals surface area contributed by atoms with E-state index in [4.69, 9.17) is 0 Å². The fraction of sp³-hybridized carbons (Fsp3) is 0.286. The van der Waals surface area contributed by atoms with Crippen LogP contribution in [-0.4, -0.2) is 45.0 Å². The molecule has 9 heteroatoms. The summed E-state index contributed by atoms with van der Waals surface area (Å²) in [5, 5.41) is 41.6. The maximum atomic E-state index is 10.6. The largest absolute Gasteiger partial charge is 0.545 e. The summed E-state index contributed by atoms with van der Waals surface area (Å²) in [6, 6.07) is 17.3. The molecule has 0 bridgehead atoms. The molecule has 0 N–H and O–H groups in total. The third-order valence-electron chi connectivity index (χ3n) is 4.53. The number of carboxylic acids is 4. The topological polar surface area (TPSA) is 161 Å². The summed E-state index contributed by atoms with van der Waals surface area (Å²) in [6.07, 6.45) is 1.11. The van der Waals surface area contributed by atoms with Crippen molar-refractivity contribution in [3.63, 3.8) is 0 Å². The Balaban J connectivity index is 0.000000563. The Morgan fingerprint density at radius 2 is 0.919 bits per heavy atom. The first-order valence-corrected chi connectivity index (χ1v) is 16.3. The SMILES string of the molecule is C[CH](C)[SnH2+4][CH](C)C.O=C([O-])/C=C(/Cc1ccccc1)C(=O)[O-].O=C([O-])/C=C(/Cc1ccccc1)C(=O)[O-]. The smallest absolute Gasteiger partial charge is 0.0678 e. The third kappa shape index (κ3) is 18.5. The average Bonchev–Trinajstić information content (AvgIpc) is 2.79. The van der Waals surface area contributed by atoms with Crippen molar-refractivity contribution in [2.45, 2.75) is 48.4 Å². The van der Waals surface area contributed by atoms with Crippen molar-refractivity contribution >= 4 is 45.0 Å². The first-order valence-electron chi connectivity index (χ1n) is 11.6. The summed E-state index contributed by atoms with van der Waals surface area (Å²) in [5.74, 6) is -6.07. The van der Waals surface area contributed by atoms with Gasteiger partial charge in [0.2, 0.25) is 0 Å². The molecular formula is C28H32O8Sn. The number of carbonyl (C=O) groups excluding carboxylic acids is 4. The number of carboxylic acid groups (broad SMARTS) is 4. The zero-order valence-corrected chi connectivity index (χ0v) is 25.5. The Bertz CT molecular complexity index is 973. The summed E-state index contributed by atoms with van der Waals surface area (Å²) < 4.78 is 2.17. The molecule has 2 rings (SSSR count). The van der Waals surface area contributed by atoms with Crippen molar-refractivity contribution in [1.82, 2.24) is 0 Å². The zero-order valence-electron chi connectivity index (χ0n) is 21.5. The molecule has 196 valence electrons. The van der Waals surface area contributed by atoms with Crippen molar-refractivity contribution < 1.29 is 39.6 Å². The van der Waals surface area contributed by atoms with Crippen LogP contribution in [0.25, 0.3) is 0 Å². The molecule has 0 aliphatic heterocycles.